The highest BCUT2D eigenvalue weighted by molar-refractivity contribution is 6.32. The molecule has 0 bridgehead atoms. The van der Waals surface area contributed by atoms with Crippen LogP contribution in [-0.4, -0.2) is 53.6 Å². The van der Waals surface area contributed by atoms with Crippen molar-refractivity contribution in [1.29, 1.82) is 0 Å². The summed E-state index contributed by atoms with van der Waals surface area (Å²) in [7, 11) is 3.92. The number of likely N-dealkylation sites (N-methyl/N-ethyl adjacent to an activating group) is 1. The molecule has 0 saturated carbocycles. The maximum absolute atomic E-state index is 11.7. The van der Waals surface area contributed by atoms with Crippen molar-refractivity contribution in [3.63, 3.8) is 0 Å². The zero-order valence-electron chi connectivity index (χ0n) is 9.98. The number of aliphatic hydroxyl groups excluding tert-OH is 1. The fourth-order valence-electron chi connectivity index (χ4n) is 1.26. The predicted octanol–water partition coefficient (Wildman–Crippen LogP) is -0.138. The van der Waals surface area contributed by atoms with E-state index in [2.05, 4.69) is 10.4 Å². The maximum Gasteiger partial charge on any atom is 0.287 e. The second kappa shape index (κ2) is 6.58. The molecule has 0 aromatic carbocycles. The average molecular weight is 261 g/mol. The number of hydrogen-bond acceptors (Lipinski definition) is 5. The van der Waals surface area contributed by atoms with Crippen LogP contribution in [0.15, 0.2) is 11.0 Å². The average Bonchev–Trinajstić information content (AvgIpc) is 2.28. The minimum Gasteiger partial charge on any atom is -0.394 e. The van der Waals surface area contributed by atoms with Gasteiger partial charge in [0.15, 0.2) is 0 Å². The van der Waals surface area contributed by atoms with Gasteiger partial charge in [-0.1, -0.05) is 11.6 Å². The summed E-state index contributed by atoms with van der Waals surface area (Å²) in [6, 6.07) is 0. The second-order valence-electron chi connectivity index (χ2n) is 3.85. The molecule has 0 radical (unpaired) electrons. The van der Waals surface area contributed by atoms with Crippen LogP contribution in [0, 0.1) is 0 Å². The Labute approximate surface area is 105 Å². The molecule has 0 fully saturated rings. The van der Waals surface area contributed by atoms with E-state index in [4.69, 9.17) is 16.7 Å². The Kier molecular flexibility index (Phi) is 5.40. The van der Waals surface area contributed by atoms with Crippen LogP contribution in [0.2, 0.25) is 5.02 Å². The van der Waals surface area contributed by atoms with E-state index in [1.807, 2.05) is 19.0 Å². The molecule has 1 rings (SSSR count). The summed E-state index contributed by atoms with van der Waals surface area (Å²) in [4.78, 5) is 13.7. The molecular weight excluding hydrogens is 244 g/mol. The monoisotopic (exact) mass is 260 g/mol. The van der Waals surface area contributed by atoms with E-state index in [9.17, 15) is 4.79 Å². The molecule has 0 aliphatic heterocycles. The number of hydrogen-bond donors (Lipinski definition) is 2. The lowest BCUT2D eigenvalue weighted by molar-refractivity contribution is 0.266. The summed E-state index contributed by atoms with van der Waals surface area (Å²) < 4.78 is 1.14. The van der Waals surface area contributed by atoms with E-state index in [0.29, 0.717) is 12.2 Å². The van der Waals surface area contributed by atoms with Crippen LogP contribution in [0.4, 0.5) is 5.69 Å². The van der Waals surface area contributed by atoms with Gasteiger partial charge in [-0.25, -0.2) is 4.68 Å². The van der Waals surface area contributed by atoms with Crippen LogP contribution in [0.25, 0.3) is 0 Å². The number of nitrogens with zero attached hydrogens (tertiary/aromatic N) is 3. The Hall–Kier alpha value is -1.11. The van der Waals surface area contributed by atoms with Crippen LogP contribution in [0.3, 0.4) is 0 Å². The van der Waals surface area contributed by atoms with Crippen LogP contribution < -0.4 is 10.9 Å². The molecule has 2 N–H and O–H groups in total. The number of aliphatic hydroxyl groups is 1. The molecule has 1 aromatic heterocycles. The highest BCUT2D eigenvalue weighted by atomic mass is 35.5. The van der Waals surface area contributed by atoms with Crippen LogP contribution in [-0.2, 0) is 6.54 Å². The van der Waals surface area contributed by atoms with Gasteiger partial charge in [-0.15, -0.1) is 0 Å². The zero-order valence-corrected chi connectivity index (χ0v) is 10.7. The van der Waals surface area contributed by atoms with Gasteiger partial charge < -0.3 is 15.3 Å². The summed E-state index contributed by atoms with van der Waals surface area (Å²) in [5, 5.41) is 15.8. The Morgan fingerprint density at radius 2 is 2.29 bits per heavy atom. The van der Waals surface area contributed by atoms with Gasteiger partial charge in [0, 0.05) is 13.1 Å². The fraction of sp³-hybridized carbons (Fsp3) is 0.600. The van der Waals surface area contributed by atoms with E-state index in [0.717, 1.165) is 11.2 Å². The number of halogens is 1. The SMILES string of the molecule is CN(C)CCNc1cnn(CCO)c(=O)c1Cl. The lowest BCUT2D eigenvalue weighted by Crippen LogP contribution is -2.27. The minimum absolute atomic E-state index is 0.104. The van der Waals surface area contributed by atoms with Gasteiger partial charge in [-0.3, -0.25) is 4.79 Å². The molecule has 0 aliphatic carbocycles. The number of nitrogens with one attached hydrogen (secondary N) is 1. The lowest BCUT2D eigenvalue weighted by atomic mass is 10.4. The lowest BCUT2D eigenvalue weighted by Gasteiger charge is -2.12. The third kappa shape index (κ3) is 3.99. The van der Waals surface area contributed by atoms with Crippen molar-refractivity contribution in [2.45, 2.75) is 6.54 Å². The first kappa shape index (κ1) is 14.0. The molecule has 0 aliphatic rings. The van der Waals surface area contributed by atoms with Gasteiger partial charge in [0.25, 0.3) is 5.56 Å². The van der Waals surface area contributed by atoms with Crippen LogP contribution in [0.1, 0.15) is 0 Å². The van der Waals surface area contributed by atoms with Crippen molar-refractivity contribution in [3.05, 3.63) is 21.6 Å². The van der Waals surface area contributed by atoms with E-state index >= 15 is 0 Å². The molecule has 1 heterocycles. The van der Waals surface area contributed by atoms with Crippen molar-refractivity contribution in [3.8, 4) is 0 Å². The minimum atomic E-state index is -0.393. The van der Waals surface area contributed by atoms with Crippen molar-refractivity contribution in [1.82, 2.24) is 14.7 Å². The predicted molar refractivity (Wildman–Crippen MR) is 67.6 cm³/mol. The molecule has 0 atom stereocenters. The Morgan fingerprint density at radius 1 is 1.59 bits per heavy atom. The number of anilines is 1. The highest BCUT2D eigenvalue weighted by Gasteiger charge is 2.08. The van der Waals surface area contributed by atoms with Gasteiger partial charge in [0.2, 0.25) is 0 Å². The fourth-order valence-corrected chi connectivity index (χ4v) is 1.47. The first-order chi connectivity index (χ1) is 8.06. The summed E-state index contributed by atoms with van der Waals surface area (Å²) in [6.45, 7) is 1.51. The largest absolute Gasteiger partial charge is 0.394 e. The maximum atomic E-state index is 11.7. The van der Waals surface area contributed by atoms with E-state index in [1.54, 1.807) is 0 Å². The van der Waals surface area contributed by atoms with Crippen LogP contribution >= 0.6 is 11.6 Å². The van der Waals surface area contributed by atoms with Crippen molar-refractivity contribution in [2.24, 2.45) is 0 Å². The highest BCUT2D eigenvalue weighted by Crippen LogP contribution is 2.14. The first-order valence-electron chi connectivity index (χ1n) is 5.31. The van der Waals surface area contributed by atoms with Gasteiger partial charge in [0.05, 0.1) is 25.0 Å². The van der Waals surface area contributed by atoms with E-state index in [1.165, 1.54) is 6.20 Å². The van der Waals surface area contributed by atoms with Crippen molar-refractivity contribution in [2.75, 3.05) is 39.1 Å². The quantitative estimate of drug-likeness (QED) is 0.745. The Balaban J connectivity index is 2.75. The molecular formula is C10H17ClN4O2. The van der Waals surface area contributed by atoms with Gasteiger partial charge in [0.1, 0.15) is 5.02 Å². The molecule has 96 valence electrons. The summed E-state index contributed by atoms with van der Waals surface area (Å²) in [5.74, 6) is 0. The number of aromatic nitrogens is 2. The topological polar surface area (TPSA) is 70.4 Å². The molecule has 17 heavy (non-hydrogen) atoms. The van der Waals surface area contributed by atoms with Gasteiger partial charge in [-0.2, -0.15) is 5.10 Å². The summed E-state index contributed by atoms with van der Waals surface area (Å²) in [5.41, 5.74) is 0.128. The van der Waals surface area contributed by atoms with Gasteiger partial charge >= 0.3 is 0 Å². The number of rotatable bonds is 6. The second-order valence-corrected chi connectivity index (χ2v) is 4.23. The van der Waals surface area contributed by atoms with E-state index in [-0.39, 0.29) is 18.2 Å². The standard InChI is InChI=1S/C10H17ClN4O2/c1-14(2)4-3-12-8-7-13-15(5-6-16)10(17)9(8)11/h7,12,16H,3-6H2,1-2H3. The summed E-state index contributed by atoms with van der Waals surface area (Å²) in [6.07, 6.45) is 1.50. The normalized spacial score (nSPS) is 10.9. The van der Waals surface area contributed by atoms with Crippen molar-refractivity contribution >= 4 is 17.3 Å². The van der Waals surface area contributed by atoms with E-state index < -0.39 is 5.56 Å². The van der Waals surface area contributed by atoms with Crippen molar-refractivity contribution < 1.29 is 5.11 Å². The zero-order chi connectivity index (χ0) is 12.8. The molecule has 6 nitrogen and oxygen atoms in total. The molecule has 7 heteroatoms. The third-order valence-corrected chi connectivity index (χ3v) is 2.54. The first-order valence-corrected chi connectivity index (χ1v) is 5.69. The smallest absolute Gasteiger partial charge is 0.287 e. The Bertz CT molecular complexity index is 419. The molecule has 0 amide bonds. The summed E-state index contributed by atoms with van der Waals surface area (Å²) >= 11 is 5.92. The van der Waals surface area contributed by atoms with Gasteiger partial charge in [-0.05, 0) is 14.1 Å². The van der Waals surface area contributed by atoms with Crippen LogP contribution in [0.5, 0.6) is 0 Å². The third-order valence-electron chi connectivity index (χ3n) is 2.17. The molecule has 0 spiro atoms. The Morgan fingerprint density at radius 3 is 2.88 bits per heavy atom. The molecule has 1 aromatic rings. The molecule has 0 unspecified atom stereocenters. The molecule has 0 saturated heterocycles.